The molecule has 94 valence electrons. The molecule has 4 heteroatoms. The Hall–Kier alpha value is -0.570. The van der Waals surface area contributed by atoms with Gasteiger partial charge in [-0.25, -0.2) is 4.79 Å². The van der Waals surface area contributed by atoms with Crippen molar-refractivity contribution < 1.29 is 14.3 Å². The van der Waals surface area contributed by atoms with Crippen LogP contribution in [-0.4, -0.2) is 17.3 Å². The first-order valence-corrected chi connectivity index (χ1v) is 6.75. The molecule has 0 amide bonds. The lowest BCUT2D eigenvalue weighted by Crippen LogP contribution is -2.56. The van der Waals surface area contributed by atoms with E-state index in [1.165, 1.54) is 0 Å². The van der Waals surface area contributed by atoms with E-state index in [1.54, 1.807) is 6.92 Å². The first-order valence-electron chi connectivity index (χ1n) is 6.37. The number of rotatable bonds is 2. The van der Waals surface area contributed by atoms with Gasteiger partial charge in [-0.1, -0.05) is 0 Å². The zero-order chi connectivity index (χ0) is 12.2. The molecule has 4 fully saturated rings. The lowest BCUT2D eigenvalue weighted by atomic mass is 9.47. The maximum absolute atomic E-state index is 11.9. The van der Waals surface area contributed by atoms with Crippen LogP contribution in [0.4, 0.5) is 4.79 Å². The van der Waals surface area contributed by atoms with Crippen molar-refractivity contribution in [3.05, 3.63) is 0 Å². The molecule has 0 aromatic rings. The summed E-state index contributed by atoms with van der Waals surface area (Å²) in [6, 6.07) is 0. The molecule has 4 saturated carbocycles. The molecule has 4 aliphatic carbocycles. The Morgan fingerprint density at radius 3 is 2.24 bits per heavy atom. The van der Waals surface area contributed by atoms with E-state index >= 15 is 0 Å². The van der Waals surface area contributed by atoms with Crippen molar-refractivity contribution >= 4 is 22.8 Å². The Labute approximate surface area is 106 Å². The number of ether oxygens (including phenoxy) is 1. The molecule has 17 heavy (non-hydrogen) atoms. The van der Waals surface area contributed by atoms with E-state index in [4.69, 9.17) is 16.3 Å². The van der Waals surface area contributed by atoms with Crippen molar-refractivity contribution in [1.29, 1.82) is 0 Å². The Morgan fingerprint density at radius 2 is 1.76 bits per heavy atom. The molecule has 2 atom stereocenters. The predicted octanol–water partition coefficient (Wildman–Crippen LogP) is 3.15. The summed E-state index contributed by atoms with van der Waals surface area (Å²) in [5, 5.41) is 0. The van der Waals surface area contributed by atoms with E-state index in [1.807, 2.05) is 0 Å². The second-order valence-corrected chi connectivity index (χ2v) is 6.44. The third kappa shape index (κ3) is 1.70. The molecule has 0 aromatic carbocycles. The lowest BCUT2D eigenvalue weighted by Gasteiger charge is -2.58. The quantitative estimate of drug-likeness (QED) is 0.713. The predicted molar refractivity (Wildman–Crippen MR) is 62.8 cm³/mol. The molecule has 0 aromatic heterocycles. The number of Topliss-reactive ketones (excluding diaryl/α,β-unsaturated/α-hetero) is 1. The number of ketones is 1. The van der Waals surface area contributed by atoms with Crippen LogP contribution in [0, 0.1) is 23.2 Å². The maximum atomic E-state index is 11.9. The zero-order valence-corrected chi connectivity index (χ0v) is 10.7. The number of halogens is 1. The van der Waals surface area contributed by atoms with E-state index in [0.717, 1.165) is 32.1 Å². The smallest absolute Gasteiger partial charge is 0.404 e. The van der Waals surface area contributed by atoms with E-state index in [-0.39, 0.29) is 11.5 Å². The van der Waals surface area contributed by atoms with Crippen LogP contribution in [0.3, 0.4) is 0 Å². The van der Waals surface area contributed by atoms with Gasteiger partial charge in [0.15, 0.2) is 0 Å². The fraction of sp³-hybridized carbons (Fsp3) is 0.846. The third-order valence-corrected chi connectivity index (χ3v) is 5.25. The summed E-state index contributed by atoms with van der Waals surface area (Å²) in [6.07, 6.45) is 5.00. The molecule has 4 rings (SSSR count). The fourth-order valence-electron chi connectivity index (χ4n) is 4.71. The second-order valence-electron chi connectivity index (χ2n) is 6.13. The van der Waals surface area contributed by atoms with Crippen LogP contribution < -0.4 is 0 Å². The molecular weight excluding hydrogens is 240 g/mol. The molecule has 2 unspecified atom stereocenters. The molecule has 0 heterocycles. The summed E-state index contributed by atoms with van der Waals surface area (Å²) in [5.41, 5.74) is -0.800. The summed E-state index contributed by atoms with van der Waals surface area (Å²) in [5.74, 6) is 1.69. The van der Waals surface area contributed by atoms with Crippen molar-refractivity contribution in [2.45, 2.75) is 45.1 Å². The molecular formula is C13H17ClO3. The zero-order valence-electron chi connectivity index (χ0n) is 9.95. The van der Waals surface area contributed by atoms with Crippen molar-refractivity contribution in [3.63, 3.8) is 0 Å². The van der Waals surface area contributed by atoms with Crippen molar-refractivity contribution in [2.75, 3.05) is 0 Å². The van der Waals surface area contributed by atoms with E-state index in [9.17, 15) is 9.59 Å². The van der Waals surface area contributed by atoms with E-state index in [0.29, 0.717) is 23.5 Å². The Balaban J connectivity index is 1.85. The van der Waals surface area contributed by atoms with Crippen LogP contribution >= 0.6 is 11.6 Å². The maximum Gasteiger partial charge on any atom is 0.404 e. The van der Waals surface area contributed by atoms with Gasteiger partial charge in [-0.05, 0) is 56.8 Å². The topological polar surface area (TPSA) is 43.4 Å². The van der Waals surface area contributed by atoms with Gasteiger partial charge in [0.05, 0.1) is 0 Å². The highest BCUT2D eigenvalue weighted by molar-refractivity contribution is 6.61. The monoisotopic (exact) mass is 256 g/mol. The fourth-order valence-corrected chi connectivity index (χ4v) is 4.81. The van der Waals surface area contributed by atoms with Gasteiger partial charge in [0.25, 0.3) is 0 Å². The molecule has 0 N–H and O–H groups in total. The number of hydrogen-bond acceptors (Lipinski definition) is 3. The second kappa shape index (κ2) is 3.71. The van der Waals surface area contributed by atoms with Gasteiger partial charge in [-0.2, -0.15) is 0 Å². The minimum atomic E-state index is -0.695. The van der Waals surface area contributed by atoms with E-state index in [2.05, 4.69) is 0 Å². The van der Waals surface area contributed by atoms with Gasteiger partial charge >= 0.3 is 5.43 Å². The molecule has 4 aliphatic rings. The summed E-state index contributed by atoms with van der Waals surface area (Å²) < 4.78 is 5.27. The first kappa shape index (κ1) is 11.5. The molecule has 0 spiro atoms. The number of carbonyl (C=O) groups excluding carboxylic acids is 2. The average Bonchev–Trinajstić information content (AvgIpc) is 2.22. The largest absolute Gasteiger partial charge is 0.450 e. The molecule has 0 saturated heterocycles. The molecule has 4 bridgehead atoms. The summed E-state index contributed by atoms with van der Waals surface area (Å²) >= 11 is 5.34. The van der Waals surface area contributed by atoms with Crippen LogP contribution in [0.25, 0.3) is 0 Å². The minimum absolute atomic E-state index is 0.0379. The van der Waals surface area contributed by atoms with Gasteiger partial charge in [0.2, 0.25) is 0 Å². The highest BCUT2D eigenvalue weighted by atomic mass is 35.5. The average molecular weight is 257 g/mol. The third-order valence-electron chi connectivity index (χ3n) is 5.16. The summed E-state index contributed by atoms with van der Waals surface area (Å²) in [7, 11) is 0. The molecule has 0 aliphatic heterocycles. The van der Waals surface area contributed by atoms with Crippen LogP contribution in [0.5, 0.6) is 0 Å². The summed E-state index contributed by atoms with van der Waals surface area (Å²) in [6.45, 7) is 1.72. The van der Waals surface area contributed by atoms with Crippen LogP contribution in [0.2, 0.25) is 0 Å². The van der Waals surface area contributed by atoms with Crippen LogP contribution in [0.15, 0.2) is 0 Å². The SMILES string of the molecule is CC(=O)[C@]12CC3CC(C1)[C@@H](OC(=O)Cl)C(C3)C2. The van der Waals surface area contributed by atoms with Crippen molar-refractivity contribution in [2.24, 2.45) is 23.2 Å². The van der Waals surface area contributed by atoms with Gasteiger partial charge in [-0.15, -0.1) is 0 Å². The van der Waals surface area contributed by atoms with Crippen molar-refractivity contribution in [1.82, 2.24) is 0 Å². The Morgan fingerprint density at radius 1 is 1.18 bits per heavy atom. The highest BCUT2D eigenvalue weighted by Gasteiger charge is 2.58. The number of hydrogen-bond donors (Lipinski definition) is 0. The van der Waals surface area contributed by atoms with Crippen LogP contribution in [0.1, 0.15) is 39.0 Å². The van der Waals surface area contributed by atoms with Gasteiger partial charge in [0.1, 0.15) is 11.9 Å². The van der Waals surface area contributed by atoms with Crippen molar-refractivity contribution in [3.8, 4) is 0 Å². The van der Waals surface area contributed by atoms with Gasteiger partial charge < -0.3 is 4.74 Å². The normalized spacial score (nSPS) is 46.9. The highest BCUT2D eigenvalue weighted by Crippen LogP contribution is 2.61. The summed E-state index contributed by atoms with van der Waals surface area (Å²) in [4.78, 5) is 22.8. The van der Waals surface area contributed by atoms with E-state index < -0.39 is 5.43 Å². The van der Waals surface area contributed by atoms with Gasteiger partial charge in [0, 0.05) is 17.0 Å². The molecule has 0 radical (unpaired) electrons. The van der Waals surface area contributed by atoms with Crippen LogP contribution in [-0.2, 0) is 9.53 Å². The standard InChI is InChI=1S/C13H17ClO3/c1-7(15)13-4-8-2-9(5-13)11(17-12(14)16)10(3-8)6-13/h8-11H,2-6H2,1H3/t8?,9?,10?,11-,13-. The molecule has 3 nitrogen and oxygen atoms in total. The van der Waals surface area contributed by atoms with Gasteiger partial charge in [-0.3, -0.25) is 4.79 Å². The first-order chi connectivity index (χ1) is 8.00. The minimum Gasteiger partial charge on any atom is -0.450 e. The Kier molecular flexibility index (Phi) is 2.51. The Bertz CT molecular complexity index is 363. The lowest BCUT2D eigenvalue weighted by molar-refractivity contribution is -0.158. The number of carbonyl (C=O) groups is 2.